The van der Waals surface area contributed by atoms with Gasteiger partial charge in [-0.05, 0) is 29.2 Å². The molecule has 0 amide bonds. The SMILES string of the molecule is COc1cc(-c2cnoc2N)c(C(C)C)cc1OC. The van der Waals surface area contributed by atoms with Crippen LogP contribution in [-0.2, 0) is 0 Å². The molecule has 102 valence electrons. The maximum atomic E-state index is 5.80. The summed E-state index contributed by atoms with van der Waals surface area (Å²) in [5, 5.41) is 3.72. The number of anilines is 1. The summed E-state index contributed by atoms with van der Waals surface area (Å²) in [7, 11) is 3.23. The number of methoxy groups -OCH3 is 2. The number of nitrogens with zero attached hydrogens (tertiary/aromatic N) is 1. The Morgan fingerprint density at radius 2 is 1.74 bits per heavy atom. The number of ether oxygens (including phenoxy) is 2. The molecule has 0 fully saturated rings. The second kappa shape index (κ2) is 5.22. The van der Waals surface area contributed by atoms with Gasteiger partial charge in [0, 0.05) is 0 Å². The highest BCUT2D eigenvalue weighted by atomic mass is 16.5. The van der Waals surface area contributed by atoms with Crippen molar-refractivity contribution < 1.29 is 14.0 Å². The Hall–Kier alpha value is -2.17. The van der Waals surface area contributed by atoms with Gasteiger partial charge in [0.15, 0.2) is 11.5 Å². The number of rotatable bonds is 4. The van der Waals surface area contributed by atoms with Crippen molar-refractivity contribution in [1.29, 1.82) is 0 Å². The average molecular weight is 262 g/mol. The molecule has 0 radical (unpaired) electrons. The molecule has 0 saturated heterocycles. The number of aromatic nitrogens is 1. The highest BCUT2D eigenvalue weighted by molar-refractivity contribution is 5.77. The van der Waals surface area contributed by atoms with Crippen LogP contribution >= 0.6 is 0 Å². The summed E-state index contributed by atoms with van der Waals surface area (Å²) in [6, 6.07) is 3.86. The van der Waals surface area contributed by atoms with Crippen LogP contribution in [0.4, 0.5) is 5.88 Å². The van der Waals surface area contributed by atoms with Crippen molar-refractivity contribution in [3.63, 3.8) is 0 Å². The molecular formula is C14H18N2O3. The van der Waals surface area contributed by atoms with E-state index >= 15 is 0 Å². The topological polar surface area (TPSA) is 70.5 Å². The smallest absolute Gasteiger partial charge is 0.229 e. The zero-order valence-electron chi connectivity index (χ0n) is 11.6. The molecule has 0 saturated carbocycles. The third kappa shape index (κ3) is 2.36. The molecule has 0 atom stereocenters. The molecule has 0 bridgehead atoms. The Bertz CT molecular complexity index is 576. The molecule has 5 heteroatoms. The van der Waals surface area contributed by atoms with Crippen LogP contribution in [0.1, 0.15) is 25.3 Å². The summed E-state index contributed by atoms with van der Waals surface area (Å²) >= 11 is 0. The Morgan fingerprint density at radius 3 is 2.21 bits per heavy atom. The molecule has 0 aliphatic heterocycles. The Labute approximate surface area is 112 Å². The first-order chi connectivity index (χ1) is 9.08. The minimum Gasteiger partial charge on any atom is -0.493 e. The average Bonchev–Trinajstić information content (AvgIpc) is 2.83. The lowest BCUT2D eigenvalue weighted by Gasteiger charge is -2.16. The van der Waals surface area contributed by atoms with Gasteiger partial charge in [-0.2, -0.15) is 0 Å². The van der Waals surface area contributed by atoms with Crippen LogP contribution < -0.4 is 15.2 Å². The molecule has 1 aromatic heterocycles. The minimum absolute atomic E-state index is 0.300. The highest BCUT2D eigenvalue weighted by Crippen LogP contribution is 2.40. The lowest BCUT2D eigenvalue weighted by molar-refractivity contribution is 0.354. The normalized spacial score (nSPS) is 10.8. The summed E-state index contributed by atoms with van der Waals surface area (Å²) < 4.78 is 15.6. The van der Waals surface area contributed by atoms with E-state index < -0.39 is 0 Å². The summed E-state index contributed by atoms with van der Waals surface area (Å²) in [6.45, 7) is 4.21. The molecule has 0 aliphatic rings. The summed E-state index contributed by atoms with van der Waals surface area (Å²) in [6.07, 6.45) is 1.61. The Morgan fingerprint density at radius 1 is 1.11 bits per heavy atom. The standard InChI is InChI=1S/C14H18N2O3/c1-8(2)9-5-12(17-3)13(18-4)6-10(9)11-7-16-19-14(11)15/h5-8H,15H2,1-4H3. The van der Waals surface area contributed by atoms with Gasteiger partial charge in [0.2, 0.25) is 5.88 Å². The fraction of sp³-hybridized carbons (Fsp3) is 0.357. The second-order valence-corrected chi connectivity index (χ2v) is 4.55. The monoisotopic (exact) mass is 262 g/mol. The van der Waals surface area contributed by atoms with Crippen LogP contribution in [0.25, 0.3) is 11.1 Å². The summed E-state index contributed by atoms with van der Waals surface area (Å²) in [5.74, 6) is 1.96. The van der Waals surface area contributed by atoms with Crippen LogP contribution in [0.15, 0.2) is 22.9 Å². The lowest BCUT2D eigenvalue weighted by atomic mass is 9.93. The summed E-state index contributed by atoms with van der Waals surface area (Å²) in [5.41, 5.74) is 8.63. The second-order valence-electron chi connectivity index (χ2n) is 4.55. The van der Waals surface area contributed by atoms with Crippen LogP contribution in [0, 0.1) is 0 Å². The van der Waals surface area contributed by atoms with Crippen LogP contribution in [0.5, 0.6) is 11.5 Å². The van der Waals surface area contributed by atoms with E-state index in [9.17, 15) is 0 Å². The van der Waals surface area contributed by atoms with E-state index in [1.165, 1.54) is 0 Å². The quantitative estimate of drug-likeness (QED) is 0.916. The van der Waals surface area contributed by atoms with Crippen molar-refractivity contribution in [3.8, 4) is 22.6 Å². The number of hydrogen-bond acceptors (Lipinski definition) is 5. The van der Waals surface area contributed by atoms with Crippen LogP contribution in [0.2, 0.25) is 0 Å². The van der Waals surface area contributed by atoms with Gasteiger partial charge in [-0.25, -0.2) is 0 Å². The fourth-order valence-electron chi connectivity index (χ4n) is 2.06. The molecule has 2 N–H and O–H groups in total. The zero-order valence-corrected chi connectivity index (χ0v) is 11.6. The van der Waals surface area contributed by atoms with Gasteiger partial charge < -0.3 is 19.7 Å². The van der Waals surface area contributed by atoms with E-state index in [2.05, 4.69) is 19.0 Å². The van der Waals surface area contributed by atoms with Crippen LogP contribution in [-0.4, -0.2) is 19.4 Å². The van der Waals surface area contributed by atoms with Gasteiger partial charge in [-0.1, -0.05) is 19.0 Å². The third-order valence-electron chi connectivity index (χ3n) is 3.07. The summed E-state index contributed by atoms with van der Waals surface area (Å²) in [4.78, 5) is 0. The van der Waals surface area contributed by atoms with E-state index in [-0.39, 0.29) is 0 Å². The number of nitrogen functional groups attached to an aromatic ring is 1. The largest absolute Gasteiger partial charge is 0.493 e. The molecule has 5 nitrogen and oxygen atoms in total. The number of nitrogens with two attached hydrogens (primary N) is 1. The molecule has 0 aliphatic carbocycles. The molecular weight excluding hydrogens is 244 g/mol. The van der Waals surface area contributed by atoms with E-state index in [1.54, 1.807) is 20.4 Å². The van der Waals surface area contributed by atoms with Gasteiger partial charge in [0.05, 0.1) is 26.0 Å². The van der Waals surface area contributed by atoms with Crippen molar-refractivity contribution >= 4 is 5.88 Å². The number of hydrogen-bond donors (Lipinski definition) is 1. The molecule has 1 heterocycles. The number of benzene rings is 1. The zero-order chi connectivity index (χ0) is 14.0. The molecule has 1 aromatic carbocycles. The van der Waals surface area contributed by atoms with Crippen molar-refractivity contribution in [2.75, 3.05) is 20.0 Å². The van der Waals surface area contributed by atoms with Gasteiger partial charge in [-0.15, -0.1) is 0 Å². The maximum Gasteiger partial charge on any atom is 0.229 e. The first-order valence-electron chi connectivity index (χ1n) is 6.05. The molecule has 2 rings (SSSR count). The van der Waals surface area contributed by atoms with Crippen molar-refractivity contribution in [1.82, 2.24) is 5.16 Å². The van der Waals surface area contributed by atoms with E-state index in [0.29, 0.717) is 23.3 Å². The van der Waals surface area contributed by atoms with E-state index in [4.69, 9.17) is 19.7 Å². The Kier molecular flexibility index (Phi) is 3.64. The van der Waals surface area contributed by atoms with E-state index in [0.717, 1.165) is 16.7 Å². The minimum atomic E-state index is 0.300. The van der Waals surface area contributed by atoms with Gasteiger partial charge in [-0.3, -0.25) is 0 Å². The molecule has 0 spiro atoms. The van der Waals surface area contributed by atoms with Crippen molar-refractivity contribution in [3.05, 3.63) is 23.9 Å². The molecule has 2 aromatic rings. The Balaban J connectivity index is 2.68. The highest BCUT2D eigenvalue weighted by Gasteiger charge is 2.18. The van der Waals surface area contributed by atoms with Gasteiger partial charge in [0.1, 0.15) is 0 Å². The molecule has 0 unspecified atom stereocenters. The van der Waals surface area contributed by atoms with Crippen LogP contribution in [0.3, 0.4) is 0 Å². The lowest BCUT2D eigenvalue weighted by Crippen LogP contribution is -1.98. The fourth-order valence-corrected chi connectivity index (χ4v) is 2.06. The van der Waals surface area contributed by atoms with Crippen molar-refractivity contribution in [2.45, 2.75) is 19.8 Å². The van der Waals surface area contributed by atoms with Crippen molar-refractivity contribution in [2.24, 2.45) is 0 Å². The first kappa shape index (κ1) is 13.3. The van der Waals surface area contributed by atoms with Gasteiger partial charge >= 0.3 is 0 Å². The molecule has 19 heavy (non-hydrogen) atoms. The van der Waals surface area contributed by atoms with E-state index in [1.807, 2.05) is 12.1 Å². The predicted octanol–water partition coefficient (Wildman–Crippen LogP) is 3.06. The van der Waals surface area contributed by atoms with Gasteiger partial charge in [0.25, 0.3) is 0 Å². The maximum absolute atomic E-state index is 5.80. The third-order valence-corrected chi connectivity index (χ3v) is 3.07. The predicted molar refractivity (Wildman–Crippen MR) is 73.5 cm³/mol. The first-order valence-corrected chi connectivity index (χ1v) is 6.05.